The van der Waals surface area contributed by atoms with E-state index in [0.717, 1.165) is 12.1 Å². The van der Waals surface area contributed by atoms with Gasteiger partial charge in [0.05, 0.1) is 17.8 Å². The van der Waals surface area contributed by atoms with E-state index in [1.807, 2.05) is 12.2 Å². The SMILES string of the molecule is CC(C)OC(=O)CC/C=C\CC[C@@H]1[C@@H](/C=C/[C@@H](O)COc2cccc(C(F)(F)F)c2)[C@@H](F)C[C@@H]1O. The van der Waals surface area contributed by atoms with E-state index < -0.39 is 36.0 Å². The number of aliphatic hydroxyl groups is 2. The zero-order valence-corrected chi connectivity index (χ0v) is 20.0. The molecule has 1 aromatic rings. The molecule has 0 amide bonds. The van der Waals surface area contributed by atoms with Crippen LogP contribution in [-0.4, -0.2) is 47.3 Å². The van der Waals surface area contributed by atoms with E-state index in [-0.39, 0.29) is 43.2 Å². The van der Waals surface area contributed by atoms with Gasteiger partial charge in [0.25, 0.3) is 0 Å². The Kier molecular flexibility index (Phi) is 11.2. The highest BCUT2D eigenvalue weighted by atomic mass is 19.4. The zero-order chi connectivity index (χ0) is 26.0. The first-order chi connectivity index (χ1) is 16.5. The molecule has 9 heteroatoms. The van der Waals surface area contributed by atoms with Gasteiger partial charge in [-0.1, -0.05) is 30.4 Å². The summed E-state index contributed by atoms with van der Waals surface area (Å²) in [6, 6.07) is 4.34. The van der Waals surface area contributed by atoms with Gasteiger partial charge in [-0.25, -0.2) is 4.39 Å². The van der Waals surface area contributed by atoms with Crippen LogP contribution < -0.4 is 4.74 Å². The second kappa shape index (κ2) is 13.6. The second-order valence-electron chi connectivity index (χ2n) is 8.98. The van der Waals surface area contributed by atoms with E-state index >= 15 is 0 Å². The minimum Gasteiger partial charge on any atom is -0.491 e. The first-order valence-corrected chi connectivity index (χ1v) is 11.8. The fraction of sp³-hybridized carbons (Fsp3) is 0.577. The molecule has 35 heavy (non-hydrogen) atoms. The van der Waals surface area contributed by atoms with Crippen LogP contribution in [0.2, 0.25) is 0 Å². The quantitative estimate of drug-likeness (QED) is 0.227. The summed E-state index contributed by atoms with van der Waals surface area (Å²) >= 11 is 0. The molecule has 0 heterocycles. The van der Waals surface area contributed by atoms with E-state index in [1.54, 1.807) is 13.8 Å². The molecule has 196 valence electrons. The van der Waals surface area contributed by atoms with Crippen LogP contribution in [0.25, 0.3) is 0 Å². The summed E-state index contributed by atoms with van der Waals surface area (Å²) in [6.45, 7) is 3.27. The number of esters is 1. The van der Waals surface area contributed by atoms with Crippen LogP contribution in [0.15, 0.2) is 48.6 Å². The van der Waals surface area contributed by atoms with E-state index in [9.17, 15) is 32.6 Å². The molecule has 1 aliphatic rings. The number of benzene rings is 1. The van der Waals surface area contributed by atoms with Crippen molar-refractivity contribution in [2.45, 2.75) is 76.6 Å². The number of halogens is 4. The first kappa shape index (κ1) is 28.8. The van der Waals surface area contributed by atoms with Crippen molar-refractivity contribution in [3.63, 3.8) is 0 Å². The number of rotatable bonds is 12. The molecule has 5 atom stereocenters. The molecular weight excluding hydrogens is 468 g/mol. The number of aliphatic hydroxyl groups excluding tert-OH is 2. The number of carbonyl (C=O) groups excluding carboxylic acids is 1. The Hall–Kier alpha value is -2.39. The van der Waals surface area contributed by atoms with Crippen LogP contribution in [-0.2, 0) is 15.7 Å². The lowest BCUT2D eigenvalue weighted by atomic mass is 9.89. The van der Waals surface area contributed by atoms with Crippen LogP contribution in [0.4, 0.5) is 17.6 Å². The largest absolute Gasteiger partial charge is 0.491 e. The number of ether oxygens (including phenoxy) is 2. The minimum atomic E-state index is -4.50. The fourth-order valence-electron chi connectivity index (χ4n) is 4.04. The van der Waals surface area contributed by atoms with Crippen LogP contribution in [0.3, 0.4) is 0 Å². The van der Waals surface area contributed by atoms with Crippen molar-refractivity contribution >= 4 is 5.97 Å². The van der Waals surface area contributed by atoms with Gasteiger partial charge in [0.15, 0.2) is 0 Å². The summed E-state index contributed by atoms with van der Waals surface area (Å²) in [6.07, 6.45) is 0.663. The van der Waals surface area contributed by atoms with Gasteiger partial charge < -0.3 is 19.7 Å². The number of allylic oxidation sites excluding steroid dienone is 3. The summed E-state index contributed by atoms with van der Waals surface area (Å²) in [5.41, 5.74) is -0.854. The Labute approximate surface area is 203 Å². The number of carbonyl (C=O) groups is 1. The Morgan fingerprint density at radius 1 is 1.23 bits per heavy atom. The number of hydrogen-bond acceptors (Lipinski definition) is 5. The Morgan fingerprint density at radius 3 is 2.63 bits per heavy atom. The molecule has 1 fully saturated rings. The van der Waals surface area contributed by atoms with Gasteiger partial charge in [-0.3, -0.25) is 4.79 Å². The average molecular weight is 503 g/mol. The van der Waals surface area contributed by atoms with Gasteiger partial charge in [0.1, 0.15) is 24.6 Å². The van der Waals surface area contributed by atoms with E-state index in [0.29, 0.717) is 19.3 Å². The van der Waals surface area contributed by atoms with E-state index in [1.165, 1.54) is 24.3 Å². The molecule has 5 nitrogen and oxygen atoms in total. The van der Waals surface area contributed by atoms with Gasteiger partial charge in [-0.2, -0.15) is 13.2 Å². The third kappa shape index (κ3) is 10.0. The topological polar surface area (TPSA) is 76.0 Å². The van der Waals surface area contributed by atoms with Crippen LogP contribution in [0.5, 0.6) is 5.75 Å². The van der Waals surface area contributed by atoms with Crippen molar-refractivity contribution in [3.8, 4) is 5.75 Å². The second-order valence-corrected chi connectivity index (χ2v) is 8.98. The van der Waals surface area contributed by atoms with Crippen molar-refractivity contribution in [1.29, 1.82) is 0 Å². The van der Waals surface area contributed by atoms with Gasteiger partial charge >= 0.3 is 12.1 Å². The molecule has 0 bridgehead atoms. The predicted octanol–water partition coefficient (Wildman–Crippen LogP) is 5.40. The molecule has 0 aromatic heterocycles. The predicted molar refractivity (Wildman–Crippen MR) is 123 cm³/mol. The standard InChI is InChI=1S/C26H34F4O5/c1-17(2)35-25(33)11-6-4-3-5-10-22-21(23(27)15-24(22)32)13-12-19(31)16-34-20-9-7-8-18(14-20)26(28,29)30/h3-4,7-9,12-14,17,19,21-24,31-32H,5-6,10-11,15-16H2,1-2H3/b4-3-,13-12+/t19-,21-,22-,23+,24+/m1/s1. The van der Waals surface area contributed by atoms with Gasteiger partial charge in [-0.05, 0) is 57.2 Å². The maximum atomic E-state index is 14.5. The van der Waals surface area contributed by atoms with Gasteiger partial charge in [-0.15, -0.1) is 0 Å². The van der Waals surface area contributed by atoms with Gasteiger partial charge in [0.2, 0.25) is 0 Å². The monoisotopic (exact) mass is 502 g/mol. The van der Waals surface area contributed by atoms with E-state index in [2.05, 4.69) is 0 Å². The third-order valence-electron chi connectivity index (χ3n) is 5.73. The third-order valence-corrected chi connectivity index (χ3v) is 5.73. The number of alkyl halides is 4. The summed E-state index contributed by atoms with van der Waals surface area (Å²) in [4.78, 5) is 11.5. The summed E-state index contributed by atoms with van der Waals surface area (Å²) in [5.74, 6) is -1.23. The molecule has 0 radical (unpaired) electrons. The highest BCUT2D eigenvalue weighted by Gasteiger charge is 2.40. The summed E-state index contributed by atoms with van der Waals surface area (Å²) in [5, 5.41) is 20.4. The van der Waals surface area contributed by atoms with E-state index in [4.69, 9.17) is 9.47 Å². The maximum Gasteiger partial charge on any atom is 0.416 e. The lowest BCUT2D eigenvalue weighted by molar-refractivity contribution is -0.147. The van der Waals surface area contributed by atoms with Crippen molar-refractivity contribution in [2.75, 3.05) is 6.61 Å². The van der Waals surface area contributed by atoms with Crippen molar-refractivity contribution in [3.05, 3.63) is 54.1 Å². The normalized spacial score (nSPS) is 23.9. The van der Waals surface area contributed by atoms with Crippen molar-refractivity contribution in [1.82, 2.24) is 0 Å². The van der Waals surface area contributed by atoms with Crippen molar-refractivity contribution < 1.29 is 42.0 Å². The van der Waals surface area contributed by atoms with Crippen LogP contribution in [0.1, 0.15) is 51.5 Å². The lowest BCUT2D eigenvalue weighted by Gasteiger charge is -2.20. The van der Waals surface area contributed by atoms with Crippen molar-refractivity contribution in [2.24, 2.45) is 11.8 Å². The molecule has 1 aliphatic carbocycles. The molecule has 0 saturated heterocycles. The van der Waals surface area contributed by atoms with Gasteiger partial charge in [0, 0.05) is 18.8 Å². The molecule has 2 rings (SSSR count). The Bertz CT molecular complexity index is 852. The zero-order valence-electron chi connectivity index (χ0n) is 20.0. The highest BCUT2D eigenvalue weighted by molar-refractivity contribution is 5.69. The molecule has 0 aliphatic heterocycles. The van der Waals surface area contributed by atoms with Crippen LogP contribution in [0, 0.1) is 11.8 Å². The Morgan fingerprint density at radius 2 is 1.94 bits per heavy atom. The summed E-state index contributed by atoms with van der Waals surface area (Å²) in [7, 11) is 0. The molecule has 0 spiro atoms. The maximum absolute atomic E-state index is 14.5. The molecular formula is C26H34F4O5. The van der Waals surface area contributed by atoms with Crippen LogP contribution >= 0.6 is 0 Å². The first-order valence-electron chi connectivity index (χ1n) is 11.8. The smallest absolute Gasteiger partial charge is 0.416 e. The number of hydrogen-bond donors (Lipinski definition) is 2. The average Bonchev–Trinajstić information content (AvgIpc) is 3.04. The Balaban J connectivity index is 1.82. The highest BCUT2D eigenvalue weighted by Crippen LogP contribution is 2.38. The summed E-state index contributed by atoms with van der Waals surface area (Å²) < 4.78 is 63.2. The lowest BCUT2D eigenvalue weighted by Crippen LogP contribution is -2.21. The molecule has 1 saturated carbocycles. The minimum absolute atomic E-state index is 0.00125. The molecule has 1 aromatic carbocycles. The fourth-order valence-corrected chi connectivity index (χ4v) is 4.04. The molecule has 2 N–H and O–H groups in total. The molecule has 0 unspecified atom stereocenters.